The maximum Gasteiger partial charge on any atom is 0.119 e. The van der Waals surface area contributed by atoms with Gasteiger partial charge < -0.3 is 19.9 Å². The maximum atomic E-state index is 10.2. The number of aliphatic hydroxyl groups excluding tert-OH is 1. The highest BCUT2D eigenvalue weighted by Crippen LogP contribution is 2.17. The molecule has 2 aromatic rings. The third kappa shape index (κ3) is 7.30. The number of benzene rings is 2. The van der Waals surface area contributed by atoms with Crippen LogP contribution in [-0.4, -0.2) is 37.0 Å². The van der Waals surface area contributed by atoms with Crippen molar-refractivity contribution in [3.8, 4) is 17.6 Å². The van der Waals surface area contributed by atoms with Crippen molar-refractivity contribution in [2.45, 2.75) is 38.3 Å². The van der Waals surface area contributed by atoms with Crippen LogP contribution in [0.15, 0.2) is 48.5 Å². The Labute approximate surface area is 161 Å². The number of nitrogens with one attached hydrogen (secondary N) is 1. The molecule has 5 heteroatoms. The van der Waals surface area contributed by atoms with Crippen LogP contribution in [-0.2, 0) is 12.8 Å². The molecule has 0 fully saturated rings. The van der Waals surface area contributed by atoms with E-state index in [1.807, 2.05) is 36.4 Å². The van der Waals surface area contributed by atoms with E-state index in [1.165, 1.54) is 5.56 Å². The zero-order chi connectivity index (χ0) is 19.7. The number of ether oxygens (including phenoxy) is 2. The second-order valence-corrected chi connectivity index (χ2v) is 7.23. The van der Waals surface area contributed by atoms with Crippen molar-refractivity contribution in [3.63, 3.8) is 0 Å². The highest BCUT2D eigenvalue weighted by atomic mass is 16.5. The molecule has 0 aliphatic carbocycles. The first-order chi connectivity index (χ1) is 12.9. The first-order valence-corrected chi connectivity index (χ1v) is 9.06. The van der Waals surface area contributed by atoms with E-state index < -0.39 is 6.10 Å². The first-order valence-electron chi connectivity index (χ1n) is 9.06. The van der Waals surface area contributed by atoms with E-state index in [1.54, 1.807) is 7.11 Å². The zero-order valence-corrected chi connectivity index (χ0v) is 16.2. The summed E-state index contributed by atoms with van der Waals surface area (Å²) in [6.07, 6.45) is 0.611. The molecular formula is C22H28N2O3. The Balaban J connectivity index is 1.75. The summed E-state index contributed by atoms with van der Waals surface area (Å²) in [7, 11) is 1.66. The topological polar surface area (TPSA) is 74.5 Å². The van der Waals surface area contributed by atoms with Crippen LogP contribution in [0.1, 0.15) is 25.0 Å². The summed E-state index contributed by atoms with van der Waals surface area (Å²) in [5, 5.41) is 22.3. The van der Waals surface area contributed by atoms with Gasteiger partial charge in [0, 0.05) is 12.1 Å². The number of nitriles is 1. The van der Waals surface area contributed by atoms with Crippen LogP contribution in [0.2, 0.25) is 0 Å². The zero-order valence-electron chi connectivity index (χ0n) is 16.2. The fourth-order valence-electron chi connectivity index (χ4n) is 2.76. The molecule has 144 valence electrons. The van der Waals surface area contributed by atoms with Gasteiger partial charge in [0.2, 0.25) is 0 Å². The molecule has 5 nitrogen and oxygen atoms in total. The fourth-order valence-corrected chi connectivity index (χ4v) is 2.76. The van der Waals surface area contributed by atoms with Crippen molar-refractivity contribution < 1.29 is 14.6 Å². The minimum atomic E-state index is -0.612. The van der Waals surface area contributed by atoms with E-state index in [-0.39, 0.29) is 12.1 Å². The van der Waals surface area contributed by atoms with E-state index in [4.69, 9.17) is 14.7 Å². The van der Waals surface area contributed by atoms with Crippen molar-refractivity contribution in [3.05, 3.63) is 59.7 Å². The lowest BCUT2D eigenvalue weighted by Gasteiger charge is -2.28. The second kappa shape index (κ2) is 9.96. The van der Waals surface area contributed by atoms with Gasteiger partial charge in [0.15, 0.2) is 0 Å². The van der Waals surface area contributed by atoms with E-state index in [9.17, 15) is 5.11 Å². The van der Waals surface area contributed by atoms with Gasteiger partial charge in [-0.05, 0) is 55.7 Å². The van der Waals surface area contributed by atoms with Gasteiger partial charge in [-0.2, -0.15) is 5.26 Å². The van der Waals surface area contributed by atoms with Crippen LogP contribution in [0.4, 0.5) is 0 Å². The molecule has 0 heterocycles. The predicted octanol–water partition coefficient (Wildman–Crippen LogP) is 3.11. The number of β-amino-alcohol motifs (C(OH)–C–C–N with tert-alkyl or cyclic N) is 1. The molecule has 0 saturated heterocycles. The van der Waals surface area contributed by atoms with Crippen LogP contribution < -0.4 is 14.8 Å². The third-order valence-electron chi connectivity index (χ3n) is 4.27. The molecule has 0 spiro atoms. The number of nitrogens with zero attached hydrogens (tertiary/aromatic N) is 1. The van der Waals surface area contributed by atoms with Gasteiger partial charge in [-0.25, -0.2) is 0 Å². The molecule has 0 saturated carbocycles. The highest BCUT2D eigenvalue weighted by molar-refractivity contribution is 5.29. The number of hydrogen-bond donors (Lipinski definition) is 2. The van der Waals surface area contributed by atoms with Crippen LogP contribution in [0.5, 0.6) is 11.5 Å². The summed E-state index contributed by atoms with van der Waals surface area (Å²) >= 11 is 0. The quantitative estimate of drug-likeness (QED) is 0.674. The van der Waals surface area contributed by atoms with Crippen molar-refractivity contribution in [1.29, 1.82) is 5.26 Å². The summed E-state index contributed by atoms with van der Waals surface area (Å²) < 4.78 is 10.8. The summed E-state index contributed by atoms with van der Waals surface area (Å²) in [5.41, 5.74) is 2.00. The van der Waals surface area contributed by atoms with Crippen molar-refractivity contribution >= 4 is 0 Å². The number of hydrogen-bond acceptors (Lipinski definition) is 5. The summed E-state index contributed by atoms with van der Waals surface area (Å²) in [5.74, 6) is 1.53. The lowest BCUT2D eigenvalue weighted by atomic mass is 9.94. The normalized spacial score (nSPS) is 12.3. The number of rotatable bonds is 10. The summed E-state index contributed by atoms with van der Waals surface area (Å²) in [6, 6.07) is 17.5. The van der Waals surface area contributed by atoms with Gasteiger partial charge in [0.1, 0.15) is 24.2 Å². The Morgan fingerprint density at radius 2 is 1.63 bits per heavy atom. The molecular weight excluding hydrogens is 340 g/mol. The van der Waals surface area contributed by atoms with Gasteiger partial charge >= 0.3 is 0 Å². The van der Waals surface area contributed by atoms with Gasteiger partial charge in [0.25, 0.3) is 0 Å². The monoisotopic (exact) mass is 368 g/mol. The number of methoxy groups -OCH3 is 1. The SMILES string of the molecule is COc1ccc(CC(C)(C)NC[C@@H](O)COc2ccc(CC#N)cc2)cc1. The van der Waals surface area contributed by atoms with Gasteiger partial charge in [-0.1, -0.05) is 24.3 Å². The van der Waals surface area contributed by atoms with E-state index in [2.05, 4.69) is 37.4 Å². The van der Waals surface area contributed by atoms with Crippen LogP contribution in [0.3, 0.4) is 0 Å². The van der Waals surface area contributed by atoms with Crippen LogP contribution in [0, 0.1) is 11.3 Å². The minimum absolute atomic E-state index is 0.158. The Morgan fingerprint density at radius 1 is 1.04 bits per heavy atom. The van der Waals surface area contributed by atoms with Crippen molar-refractivity contribution in [2.24, 2.45) is 0 Å². The Morgan fingerprint density at radius 3 is 2.22 bits per heavy atom. The largest absolute Gasteiger partial charge is 0.497 e. The molecule has 0 amide bonds. The molecule has 1 atom stereocenters. The van der Waals surface area contributed by atoms with Crippen LogP contribution in [0.25, 0.3) is 0 Å². The Bertz CT molecular complexity index is 734. The van der Waals surface area contributed by atoms with E-state index >= 15 is 0 Å². The van der Waals surface area contributed by atoms with Gasteiger partial charge in [-0.15, -0.1) is 0 Å². The smallest absolute Gasteiger partial charge is 0.119 e. The third-order valence-corrected chi connectivity index (χ3v) is 4.27. The summed E-state index contributed by atoms with van der Waals surface area (Å²) in [6.45, 7) is 4.87. The average molecular weight is 368 g/mol. The molecule has 0 unspecified atom stereocenters. The second-order valence-electron chi connectivity index (χ2n) is 7.23. The molecule has 0 bridgehead atoms. The Kier molecular flexibility index (Phi) is 7.66. The molecule has 0 aliphatic heterocycles. The minimum Gasteiger partial charge on any atom is -0.497 e. The molecule has 27 heavy (non-hydrogen) atoms. The lowest BCUT2D eigenvalue weighted by molar-refractivity contribution is 0.0988. The molecule has 2 rings (SSSR count). The molecule has 2 N–H and O–H groups in total. The molecule has 2 aromatic carbocycles. The number of aliphatic hydroxyl groups is 1. The Hall–Kier alpha value is -2.55. The van der Waals surface area contributed by atoms with E-state index in [0.29, 0.717) is 18.7 Å². The fraction of sp³-hybridized carbons (Fsp3) is 0.409. The summed E-state index contributed by atoms with van der Waals surface area (Å²) in [4.78, 5) is 0. The maximum absolute atomic E-state index is 10.2. The van der Waals surface area contributed by atoms with Crippen molar-refractivity contribution in [1.82, 2.24) is 5.32 Å². The molecule has 0 radical (unpaired) electrons. The van der Waals surface area contributed by atoms with Crippen molar-refractivity contribution in [2.75, 3.05) is 20.3 Å². The van der Waals surface area contributed by atoms with Gasteiger partial charge in [-0.3, -0.25) is 0 Å². The predicted molar refractivity (Wildman–Crippen MR) is 106 cm³/mol. The standard InChI is InChI=1S/C22H28N2O3/c1-22(2,14-18-6-8-20(26-3)9-7-18)24-15-19(25)16-27-21-10-4-17(5-11-21)12-13-23/h4-11,19,24-25H,12,14-16H2,1-3H3/t19-/m1/s1. The average Bonchev–Trinajstić information content (AvgIpc) is 2.66. The van der Waals surface area contributed by atoms with Gasteiger partial charge in [0.05, 0.1) is 19.6 Å². The highest BCUT2D eigenvalue weighted by Gasteiger charge is 2.19. The van der Waals surface area contributed by atoms with E-state index in [0.717, 1.165) is 17.7 Å². The molecule has 0 aromatic heterocycles. The lowest BCUT2D eigenvalue weighted by Crippen LogP contribution is -2.46. The first kappa shape index (κ1) is 20.8. The molecule has 0 aliphatic rings. The van der Waals surface area contributed by atoms with Crippen LogP contribution >= 0.6 is 0 Å².